The molecule has 0 spiro atoms. The van der Waals surface area contributed by atoms with Gasteiger partial charge in [-0.1, -0.05) is 6.07 Å². The van der Waals surface area contributed by atoms with Gasteiger partial charge in [-0.15, -0.1) is 0 Å². The molecule has 0 aliphatic heterocycles. The van der Waals surface area contributed by atoms with Crippen LogP contribution in [-0.4, -0.2) is 38.6 Å². The minimum Gasteiger partial charge on any atom is -0.383 e. The van der Waals surface area contributed by atoms with Crippen molar-refractivity contribution in [2.24, 2.45) is 0 Å². The van der Waals surface area contributed by atoms with Crippen molar-refractivity contribution in [3.63, 3.8) is 0 Å². The Bertz CT molecular complexity index is 532. The minimum atomic E-state index is -4.51. The molecule has 2 amide bonds. The number of hydrogen-bond donors (Lipinski definition) is 1. The highest BCUT2D eigenvalue weighted by molar-refractivity contribution is 5.97. The van der Waals surface area contributed by atoms with Crippen LogP contribution in [-0.2, 0) is 20.5 Å². The average molecular weight is 318 g/mol. The van der Waals surface area contributed by atoms with E-state index in [1.807, 2.05) is 0 Å². The van der Waals surface area contributed by atoms with Crippen LogP contribution in [0.25, 0.3) is 0 Å². The van der Waals surface area contributed by atoms with E-state index in [1.54, 1.807) is 0 Å². The van der Waals surface area contributed by atoms with Gasteiger partial charge >= 0.3 is 6.18 Å². The van der Waals surface area contributed by atoms with Crippen molar-refractivity contribution in [1.82, 2.24) is 5.32 Å². The molecule has 0 atom stereocenters. The number of methoxy groups -OCH3 is 1. The maximum atomic E-state index is 12.7. The molecule has 0 radical (unpaired) electrons. The van der Waals surface area contributed by atoms with Gasteiger partial charge in [-0.05, 0) is 18.2 Å². The summed E-state index contributed by atoms with van der Waals surface area (Å²) in [6.45, 7) is 1.38. The maximum absolute atomic E-state index is 12.7. The molecule has 1 rings (SSSR count). The highest BCUT2D eigenvalue weighted by Gasteiger charge is 2.31. The molecule has 1 N–H and O–H groups in total. The van der Waals surface area contributed by atoms with E-state index in [1.165, 1.54) is 26.2 Å². The van der Waals surface area contributed by atoms with E-state index < -0.39 is 23.6 Å². The lowest BCUT2D eigenvalue weighted by Crippen LogP contribution is -2.40. The van der Waals surface area contributed by atoms with Crippen LogP contribution in [0.15, 0.2) is 24.3 Å². The van der Waals surface area contributed by atoms with E-state index in [4.69, 9.17) is 4.74 Å². The molecule has 0 bridgehead atoms. The molecule has 122 valence electrons. The zero-order chi connectivity index (χ0) is 16.8. The minimum absolute atomic E-state index is 0.0178. The van der Waals surface area contributed by atoms with Crippen LogP contribution in [0.1, 0.15) is 12.5 Å². The number of hydrogen-bond acceptors (Lipinski definition) is 3. The summed E-state index contributed by atoms with van der Waals surface area (Å²) in [5.41, 5.74) is -0.861. The lowest BCUT2D eigenvalue weighted by Gasteiger charge is -2.21. The Morgan fingerprint density at radius 1 is 1.32 bits per heavy atom. The number of amides is 2. The number of nitrogens with one attached hydrogen (secondary N) is 1. The second kappa shape index (κ2) is 7.79. The second-order valence-electron chi connectivity index (χ2n) is 4.50. The first kappa shape index (κ1) is 18.0. The predicted octanol–water partition coefficient (Wildman–Crippen LogP) is 1.82. The van der Waals surface area contributed by atoms with E-state index >= 15 is 0 Å². The summed E-state index contributed by atoms with van der Waals surface area (Å²) in [4.78, 5) is 24.3. The Balaban J connectivity index is 2.88. The molecule has 0 heterocycles. The number of ether oxygens (including phenoxy) is 1. The molecule has 1 aromatic carbocycles. The number of anilines is 1. The van der Waals surface area contributed by atoms with Crippen molar-refractivity contribution in [1.29, 1.82) is 0 Å². The van der Waals surface area contributed by atoms with Gasteiger partial charge in [0.05, 0.1) is 12.2 Å². The third-order valence-corrected chi connectivity index (χ3v) is 2.80. The zero-order valence-corrected chi connectivity index (χ0v) is 12.2. The first-order chi connectivity index (χ1) is 10.3. The molecule has 0 aliphatic rings. The Morgan fingerprint density at radius 3 is 2.55 bits per heavy atom. The number of benzene rings is 1. The van der Waals surface area contributed by atoms with Gasteiger partial charge in [0, 0.05) is 26.3 Å². The Kier molecular flexibility index (Phi) is 6.36. The molecule has 0 aliphatic carbocycles. The quantitative estimate of drug-likeness (QED) is 0.814. The van der Waals surface area contributed by atoms with Crippen molar-refractivity contribution in [3.05, 3.63) is 29.8 Å². The molecule has 0 aromatic heterocycles. The van der Waals surface area contributed by atoms with Crippen molar-refractivity contribution in [3.8, 4) is 0 Å². The summed E-state index contributed by atoms with van der Waals surface area (Å²) in [7, 11) is 1.47. The maximum Gasteiger partial charge on any atom is 0.416 e. The molecular formula is C14H17F3N2O3. The normalized spacial score (nSPS) is 11.1. The van der Waals surface area contributed by atoms with Gasteiger partial charge in [0.1, 0.15) is 6.54 Å². The van der Waals surface area contributed by atoms with E-state index in [9.17, 15) is 22.8 Å². The van der Waals surface area contributed by atoms with Crippen molar-refractivity contribution < 1.29 is 27.5 Å². The lowest BCUT2D eigenvalue weighted by atomic mass is 10.1. The number of nitrogens with zero attached hydrogens (tertiary/aromatic N) is 1. The average Bonchev–Trinajstić information content (AvgIpc) is 2.44. The van der Waals surface area contributed by atoms with Gasteiger partial charge in [0.25, 0.3) is 0 Å². The van der Waals surface area contributed by atoms with Gasteiger partial charge in [-0.3, -0.25) is 9.59 Å². The van der Waals surface area contributed by atoms with Crippen molar-refractivity contribution in [2.45, 2.75) is 13.1 Å². The fraction of sp³-hybridized carbons (Fsp3) is 0.429. The van der Waals surface area contributed by atoms with Crippen LogP contribution >= 0.6 is 0 Å². The molecule has 1 aromatic rings. The number of halogens is 3. The SMILES string of the molecule is COCCNC(=O)CN(C(C)=O)c1cccc(C(F)(F)F)c1. The monoisotopic (exact) mass is 318 g/mol. The third-order valence-electron chi connectivity index (χ3n) is 2.80. The summed E-state index contributed by atoms with van der Waals surface area (Å²) in [5.74, 6) is -1.01. The number of carbonyl (C=O) groups excluding carboxylic acids is 2. The second-order valence-corrected chi connectivity index (χ2v) is 4.50. The largest absolute Gasteiger partial charge is 0.416 e. The first-order valence-electron chi connectivity index (χ1n) is 6.46. The molecule has 0 saturated carbocycles. The standard InChI is InChI=1S/C14H17F3N2O3/c1-10(20)19(9-13(21)18-6-7-22-2)12-5-3-4-11(8-12)14(15,16)17/h3-5,8H,6-7,9H2,1-2H3,(H,18,21). The summed E-state index contributed by atoms with van der Waals surface area (Å²) in [6.07, 6.45) is -4.51. The highest BCUT2D eigenvalue weighted by Crippen LogP contribution is 2.31. The molecule has 8 heteroatoms. The molecule has 0 fully saturated rings. The summed E-state index contributed by atoms with van der Waals surface area (Å²) in [5, 5.41) is 2.50. The molecular weight excluding hydrogens is 301 g/mol. The van der Waals surface area contributed by atoms with E-state index in [-0.39, 0.29) is 18.8 Å². The lowest BCUT2D eigenvalue weighted by molar-refractivity contribution is -0.137. The molecule has 0 unspecified atom stereocenters. The van der Waals surface area contributed by atoms with Crippen LogP contribution in [0.2, 0.25) is 0 Å². The summed E-state index contributed by atoms with van der Waals surface area (Å²) in [6, 6.07) is 4.28. The van der Waals surface area contributed by atoms with E-state index in [2.05, 4.69) is 5.32 Å². The zero-order valence-electron chi connectivity index (χ0n) is 12.2. The molecule has 5 nitrogen and oxygen atoms in total. The van der Waals surface area contributed by atoms with E-state index in [0.29, 0.717) is 6.61 Å². The van der Waals surface area contributed by atoms with Gasteiger partial charge in [-0.2, -0.15) is 13.2 Å². The fourth-order valence-electron chi connectivity index (χ4n) is 1.73. The van der Waals surface area contributed by atoms with Crippen LogP contribution < -0.4 is 10.2 Å². The van der Waals surface area contributed by atoms with Crippen LogP contribution in [0, 0.1) is 0 Å². The highest BCUT2D eigenvalue weighted by atomic mass is 19.4. The topological polar surface area (TPSA) is 58.6 Å². The van der Waals surface area contributed by atoms with Gasteiger partial charge in [0.2, 0.25) is 11.8 Å². The first-order valence-corrected chi connectivity index (χ1v) is 6.46. The summed E-state index contributed by atoms with van der Waals surface area (Å²) >= 11 is 0. The van der Waals surface area contributed by atoms with Crippen molar-refractivity contribution in [2.75, 3.05) is 31.7 Å². The van der Waals surface area contributed by atoms with Gasteiger partial charge < -0.3 is 15.0 Å². The third kappa shape index (κ3) is 5.36. The Morgan fingerprint density at radius 2 is 2.00 bits per heavy atom. The Labute approximate surface area is 126 Å². The number of alkyl halides is 3. The van der Waals surface area contributed by atoms with Crippen LogP contribution in [0.5, 0.6) is 0 Å². The van der Waals surface area contributed by atoms with Crippen LogP contribution in [0.4, 0.5) is 18.9 Å². The van der Waals surface area contributed by atoms with Crippen molar-refractivity contribution >= 4 is 17.5 Å². The smallest absolute Gasteiger partial charge is 0.383 e. The van der Waals surface area contributed by atoms with E-state index in [0.717, 1.165) is 17.0 Å². The Hall–Kier alpha value is -2.09. The predicted molar refractivity (Wildman–Crippen MR) is 74.4 cm³/mol. The van der Waals surface area contributed by atoms with Crippen LogP contribution in [0.3, 0.4) is 0 Å². The summed E-state index contributed by atoms with van der Waals surface area (Å²) < 4.78 is 42.9. The molecule has 0 saturated heterocycles. The van der Waals surface area contributed by atoms with Gasteiger partial charge in [-0.25, -0.2) is 0 Å². The van der Waals surface area contributed by atoms with Gasteiger partial charge in [0.15, 0.2) is 0 Å². The fourth-order valence-corrected chi connectivity index (χ4v) is 1.73. The molecule has 22 heavy (non-hydrogen) atoms. The number of rotatable bonds is 6. The number of carbonyl (C=O) groups is 2.